The first-order valence-electron chi connectivity index (χ1n) is 7.18. The van der Waals surface area contributed by atoms with Crippen LogP contribution in [0.25, 0.3) is 0 Å². The third-order valence-corrected chi connectivity index (χ3v) is 4.57. The number of primary sulfonamides is 1. The summed E-state index contributed by atoms with van der Waals surface area (Å²) >= 11 is 3.46. The number of hydrogen-bond donors (Lipinski definition) is 2. The molecule has 5 nitrogen and oxygen atoms in total. The zero-order valence-corrected chi connectivity index (χ0v) is 15.2. The highest BCUT2D eigenvalue weighted by Gasteiger charge is 2.08. The number of ether oxygens (including phenoxy) is 1. The van der Waals surface area contributed by atoms with Gasteiger partial charge in [-0.15, -0.1) is 0 Å². The predicted molar refractivity (Wildman–Crippen MR) is 95.1 cm³/mol. The van der Waals surface area contributed by atoms with Crippen molar-refractivity contribution in [2.24, 2.45) is 5.14 Å². The van der Waals surface area contributed by atoms with Crippen molar-refractivity contribution < 1.29 is 13.2 Å². The van der Waals surface area contributed by atoms with Gasteiger partial charge in [-0.2, -0.15) is 0 Å². The van der Waals surface area contributed by atoms with E-state index in [9.17, 15) is 8.42 Å². The van der Waals surface area contributed by atoms with E-state index in [0.29, 0.717) is 13.2 Å². The van der Waals surface area contributed by atoms with Gasteiger partial charge in [0.15, 0.2) is 0 Å². The second-order valence-electron chi connectivity index (χ2n) is 5.02. The first-order valence-corrected chi connectivity index (χ1v) is 9.52. The van der Waals surface area contributed by atoms with Gasteiger partial charge in [0, 0.05) is 22.3 Å². The van der Waals surface area contributed by atoms with Crippen molar-refractivity contribution in [3.63, 3.8) is 0 Å². The average Bonchev–Trinajstić information content (AvgIpc) is 2.51. The number of benzene rings is 2. The van der Waals surface area contributed by atoms with Crippen LogP contribution in [0, 0.1) is 0 Å². The Morgan fingerprint density at radius 2 is 1.87 bits per heavy atom. The Hall–Kier alpha value is -1.57. The molecule has 0 heterocycles. The van der Waals surface area contributed by atoms with Gasteiger partial charge < -0.3 is 10.1 Å². The summed E-state index contributed by atoms with van der Waals surface area (Å²) in [5.74, 6) is 0.837. The second-order valence-corrected chi connectivity index (χ2v) is 7.50. The molecule has 0 saturated heterocycles. The van der Waals surface area contributed by atoms with Crippen LogP contribution in [0.3, 0.4) is 0 Å². The summed E-state index contributed by atoms with van der Waals surface area (Å²) in [5.41, 5.74) is 1.82. The molecule has 0 aromatic heterocycles. The molecular formula is C16H19BrN2O3S. The third-order valence-electron chi connectivity index (χ3n) is 3.15. The lowest BCUT2D eigenvalue weighted by molar-refractivity contribution is 0.314. The van der Waals surface area contributed by atoms with Crippen molar-refractivity contribution in [1.82, 2.24) is 0 Å². The van der Waals surface area contributed by atoms with Gasteiger partial charge in [-0.3, -0.25) is 0 Å². The van der Waals surface area contributed by atoms with Gasteiger partial charge >= 0.3 is 0 Å². The number of hydrogen-bond acceptors (Lipinski definition) is 4. The molecule has 0 bridgehead atoms. The zero-order chi connectivity index (χ0) is 16.9. The average molecular weight is 399 g/mol. The van der Waals surface area contributed by atoms with Gasteiger partial charge in [-0.05, 0) is 48.9 Å². The third kappa shape index (κ3) is 5.23. The summed E-state index contributed by atoms with van der Waals surface area (Å²) in [7, 11) is -3.66. The minimum Gasteiger partial charge on any atom is -0.493 e. The number of sulfonamides is 1. The minimum atomic E-state index is -3.66. The van der Waals surface area contributed by atoms with E-state index < -0.39 is 10.0 Å². The quantitative estimate of drug-likeness (QED) is 0.747. The van der Waals surface area contributed by atoms with Gasteiger partial charge in [0.05, 0.1) is 11.5 Å². The molecular weight excluding hydrogens is 380 g/mol. The highest BCUT2D eigenvalue weighted by Crippen LogP contribution is 2.24. The largest absolute Gasteiger partial charge is 0.493 e. The summed E-state index contributed by atoms with van der Waals surface area (Å²) in [6.07, 6.45) is 0.942. The molecule has 0 spiro atoms. The fourth-order valence-corrected chi connectivity index (χ4v) is 2.92. The molecule has 23 heavy (non-hydrogen) atoms. The fourth-order valence-electron chi connectivity index (χ4n) is 2.00. The van der Waals surface area contributed by atoms with E-state index in [1.807, 2.05) is 18.2 Å². The van der Waals surface area contributed by atoms with E-state index >= 15 is 0 Å². The van der Waals surface area contributed by atoms with Crippen molar-refractivity contribution in [2.45, 2.75) is 24.8 Å². The van der Waals surface area contributed by atoms with Crippen LogP contribution in [0.5, 0.6) is 5.75 Å². The van der Waals surface area contributed by atoms with Crippen LogP contribution < -0.4 is 15.2 Å². The summed E-state index contributed by atoms with van der Waals surface area (Å²) in [5, 5.41) is 8.33. The molecule has 2 rings (SSSR count). The smallest absolute Gasteiger partial charge is 0.238 e. The predicted octanol–water partition coefficient (Wildman–Crippen LogP) is 3.50. The van der Waals surface area contributed by atoms with Crippen molar-refractivity contribution in [1.29, 1.82) is 0 Å². The molecule has 0 aliphatic carbocycles. The number of nitrogens with two attached hydrogens (primary N) is 1. The maximum absolute atomic E-state index is 11.2. The van der Waals surface area contributed by atoms with Crippen LogP contribution in [-0.4, -0.2) is 15.0 Å². The highest BCUT2D eigenvalue weighted by molar-refractivity contribution is 9.10. The van der Waals surface area contributed by atoms with Crippen molar-refractivity contribution in [3.8, 4) is 5.75 Å². The summed E-state index contributed by atoms with van der Waals surface area (Å²) in [6.45, 7) is 3.29. The van der Waals surface area contributed by atoms with Gasteiger partial charge in [-0.1, -0.05) is 22.9 Å². The van der Waals surface area contributed by atoms with E-state index in [1.54, 1.807) is 12.1 Å². The molecule has 7 heteroatoms. The maximum atomic E-state index is 11.2. The zero-order valence-electron chi connectivity index (χ0n) is 12.8. The normalized spacial score (nSPS) is 11.3. The second kappa shape index (κ2) is 7.81. The topological polar surface area (TPSA) is 81.4 Å². The first kappa shape index (κ1) is 17.8. The van der Waals surface area contributed by atoms with Crippen LogP contribution in [0.4, 0.5) is 5.69 Å². The number of anilines is 1. The van der Waals surface area contributed by atoms with Crippen LogP contribution in [-0.2, 0) is 16.6 Å². The number of halogens is 1. The Labute approximate surface area is 145 Å². The molecule has 2 aromatic carbocycles. The van der Waals surface area contributed by atoms with Crippen LogP contribution in [0.15, 0.2) is 51.8 Å². The lowest BCUT2D eigenvalue weighted by Gasteiger charge is -2.13. The Kier molecular flexibility index (Phi) is 6.04. The van der Waals surface area contributed by atoms with E-state index in [2.05, 4.69) is 28.2 Å². The Bertz CT molecular complexity index is 761. The first-order chi connectivity index (χ1) is 10.9. The lowest BCUT2D eigenvalue weighted by atomic mass is 10.2. The monoisotopic (exact) mass is 398 g/mol. The van der Waals surface area contributed by atoms with E-state index in [4.69, 9.17) is 9.88 Å². The van der Waals surface area contributed by atoms with E-state index in [1.165, 1.54) is 12.1 Å². The molecule has 0 fully saturated rings. The summed E-state index contributed by atoms with van der Waals surface area (Å²) < 4.78 is 29.2. The van der Waals surface area contributed by atoms with Crippen LogP contribution in [0.2, 0.25) is 0 Å². The number of rotatable bonds is 7. The van der Waals surface area contributed by atoms with Crippen molar-refractivity contribution >= 4 is 31.6 Å². The molecule has 3 N–H and O–H groups in total. The minimum absolute atomic E-state index is 0.0949. The molecule has 0 unspecified atom stereocenters. The van der Waals surface area contributed by atoms with Gasteiger partial charge in [-0.25, -0.2) is 13.6 Å². The maximum Gasteiger partial charge on any atom is 0.238 e. The molecule has 0 radical (unpaired) electrons. The molecule has 0 atom stereocenters. The van der Waals surface area contributed by atoms with Gasteiger partial charge in [0.25, 0.3) is 0 Å². The fraction of sp³-hybridized carbons (Fsp3) is 0.250. The highest BCUT2D eigenvalue weighted by atomic mass is 79.9. The molecule has 0 amide bonds. The molecule has 0 aliphatic heterocycles. The molecule has 2 aromatic rings. The SMILES string of the molecule is CCCOc1ccc(Br)cc1CNc1ccc(S(N)(=O)=O)cc1. The summed E-state index contributed by atoms with van der Waals surface area (Å²) in [4.78, 5) is 0.0949. The standard InChI is InChI=1S/C16H19BrN2O3S/c1-2-9-22-16-8-3-13(17)10-12(16)11-19-14-4-6-15(7-5-14)23(18,20)21/h3-8,10,19H,2,9,11H2,1H3,(H2,18,20,21). The van der Waals surface area contributed by atoms with Gasteiger partial charge in [0.2, 0.25) is 10.0 Å². The Morgan fingerprint density at radius 3 is 2.48 bits per heavy atom. The Morgan fingerprint density at radius 1 is 1.17 bits per heavy atom. The molecule has 124 valence electrons. The van der Waals surface area contributed by atoms with Crippen molar-refractivity contribution in [2.75, 3.05) is 11.9 Å². The number of nitrogens with one attached hydrogen (secondary N) is 1. The molecule has 0 saturated carbocycles. The van der Waals surface area contributed by atoms with E-state index in [-0.39, 0.29) is 4.90 Å². The van der Waals surface area contributed by atoms with Crippen molar-refractivity contribution in [3.05, 3.63) is 52.5 Å². The molecule has 0 aliphatic rings. The lowest BCUT2D eigenvalue weighted by Crippen LogP contribution is -2.12. The summed E-state index contributed by atoms with van der Waals surface area (Å²) in [6, 6.07) is 12.2. The van der Waals surface area contributed by atoms with Crippen LogP contribution in [0.1, 0.15) is 18.9 Å². The van der Waals surface area contributed by atoms with Gasteiger partial charge in [0.1, 0.15) is 5.75 Å². The Balaban J connectivity index is 2.09. The van der Waals surface area contributed by atoms with E-state index in [0.717, 1.165) is 27.9 Å². The van der Waals surface area contributed by atoms with Crippen LogP contribution >= 0.6 is 15.9 Å².